The zero-order valence-corrected chi connectivity index (χ0v) is 19.5. The van der Waals surface area contributed by atoms with Crippen molar-refractivity contribution in [3.8, 4) is 11.5 Å². The molecule has 8 nitrogen and oxygen atoms in total. The molecule has 10 heteroatoms. The van der Waals surface area contributed by atoms with Crippen molar-refractivity contribution in [2.24, 2.45) is 0 Å². The van der Waals surface area contributed by atoms with Gasteiger partial charge in [-0.2, -0.15) is 0 Å². The van der Waals surface area contributed by atoms with Crippen LogP contribution in [-0.2, 0) is 19.1 Å². The Bertz CT molecular complexity index is 828. The molecule has 0 spiro atoms. The topological polar surface area (TPSA) is 91.4 Å². The Morgan fingerprint density at radius 1 is 1.17 bits per heavy atom. The van der Waals surface area contributed by atoms with Crippen molar-refractivity contribution in [1.82, 2.24) is 4.90 Å². The fraction of sp³-hybridized carbons (Fsp3) is 0.450. The van der Waals surface area contributed by atoms with Gasteiger partial charge in [0.25, 0.3) is 11.1 Å². The lowest BCUT2D eigenvalue weighted by atomic mass is 10.1. The van der Waals surface area contributed by atoms with Crippen LogP contribution < -0.4 is 9.47 Å². The normalized spacial score (nSPS) is 15.1. The summed E-state index contributed by atoms with van der Waals surface area (Å²) < 4.78 is 21.6. The van der Waals surface area contributed by atoms with Gasteiger partial charge in [-0.15, -0.1) is 0 Å². The highest BCUT2D eigenvalue weighted by Crippen LogP contribution is 2.38. The predicted octanol–water partition coefficient (Wildman–Crippen LogP) is 3.86. The summed E-state index contributed by atoms with van der Waals surface area (Å²) >= 11 is 4.34. The average Bonchev–Trinajstić information content (AvgIpc) is 2.97. The van der Waals surface area contributed by atoms with E-state index in [2.05, 4.69) is 15.9 Å². The summed E-state index contributed by atoms with van der Waals surface area (Å²) in [6.07, 6.45) is 2.20. The van der Waals surface area contributed by atoms with Crippen LogP contribution in [0.2, 0.25) is 0 Å². The van der Waals surface area contributed by atoms with Crippen LogP contribution in [0.4, 0.5) is 4.79 Å². The number of thioether (sulfide) groups is 1. The molecule has 1 saturated heterocycles. The van der Waals surface area contributed by atoms with Crippen LogP contribution in [0, 0.1) is 0 Å². The second-order valence-corrected chi connectivity index (χ2v) is 7.87. The SMILES string of the molecule is CCOC(=O)COc1cc(Br)c(/C=C2/SC(=O)N(CCCOC)C2=O)cc1OCC. The summed E-state index contributed by atoms with van der Waals surface area (Å²) in [5, 5.41) is -0.308. The Morgan fingerprint density at radius 3 is 2.57 bits per heavy atom. The van der Waals surface area contributed by atoms with Crippen LogP contribution >= 0.6 is 27.7 Å². The molecule has 0 aromatic heterocycles. The summed E-state index contributed by atoms with van der Waals surface area (Å²) in [6, 6.07) is 3.34. The molecule has 0 bridgehead atoms. The molecule has 1 aromatic carbocycles. The average molecular weight is 502 g/mol. The van der Waals surface area contributed by atoms with Crippen LogP contribution in [0.5, 0.6) is 11.5 Å². The second-order valence-electron chi connectivity index (χ2n) is 6.03. The first-order valence-corrected chi connectivity index (χ1v) is 11.0. The van der Waals surface area contributed by atoms with Crippen molar-refractivity contribution in [2.45, 2.75) is 20.3 Å². The number of rotatable bonds is 11. The summed E-state index contributed by atoms with van der Waals surface area (Å²) in [7, 11) is 1.57. The number of methoxy groups -OCH3 is 1. The molecule has 1 heterocycles. The molecular weight excluding hydrogens is 478 g/mol. The van der Waals surface area contributed by atoms with E-state index in [0.29, 0.717) is 52.6 Å². The van der Waals surface area contributed by atoms with Crippen LogP contribution in [0.15, 0.2) is 21.5 Å². The molecule has 1 fully saturated rings. The van der Waals surface area contributed by atoms with E-state index in [1.807, 2.05) is 6.92 Å². The van der Waals surface area contributed by atoms with Crippen molar-refractivity contribution < 1.29 is 33.3 Å². The highest BCUT2D eigenvalue weighted by atomic mass is 79.9. The van der Waals surface area contributed by atoms with Gasteiger partial charge in [0.05, 0.1) is 18.1 Å². The standard InChI is InChI=1S/C20H24BrNO7S/c1-4-27-15-9-13(14(21)11-16(15)29-12-18(23)28-5-2)10-17-19(24)22(20(25)30-17)7-6-8-26-3/h9-11H,4-8,12H2,1-3H3/b17-10+. The molecule has 1 aromatic rings. The van der Waals surface area contributed by atoms with E-state index in [9.17, 15) is 14.4 Å². The number of ether oxygens (including phenoxy) is 4. The van der Waals surface area contributed by atoms with Crippen molar-refractivity contribution in [2.75, 3.05) is 40.1 Å². The van der Waals surface area contributed by atoms with Crippen LogP contribution in [0.25, 0.3) is 6.08 Å². The molecule has 1 aliphatic heterocycles. The van der Waals surface area contributed by atoms with Gasteiger partial charge in [0.1, 0.15) is 0 Å². The van der Waals surface area contributed by atoms with Crippen molar-refractivity contribution in [3.63, 3.8) is 0 Å². The molecule has 0 N–H and O–H groups in total. The molecule has 164 valence electrons. The lowest BCUT2D eigenvalue weighted by molar-refractivity contribution is -0.145. The van der Waals surface area contributed by atoms with Crippen LogP contribution in [0.1, 0.15) is 25.8 Å². The maximum absolute atomic E-state index is 12.6. The van der Waals surface area contributed by atoms with Gasteiger partial charge in [0.15, 0.2) is 18.1 Å². The molecule has 0 unspecified atom stereocenters. The molecule has 1 aliphatic rings. The quantitative estimate of drug-likeness (QED) is 0.256. The van der Waals surface area contributed by atoms with Crippen LogP contribution in [0.3, 0.4) is 0 Å². The summed E-state index contributed by atoms with van der Waals surface area (Å²) in [5.41, 5.74) is 0.643. The van der Waals surface area contributed by atoms with Gasteiger partial charge in [-0.25, -0.2) is 4.79 Å². The van der Waals surface area contributed by atoms with Gasteiger partial charge >= 0.3 is 5.97 Å². The first-order valence-electron chi connectivity index (χ1n) is 9.40. The van der Waals surface area contributed by atoms with Crippen molar-refractivity contribution in [3.05, 3.63) is 27.1 Å². The largest absolute Gasteiger partial charge is 0.490 e. The Labute approximate surface area is 188 Å². The zero-order valence-electron chi connectivity index (χ0n) is 17.1. The van der Waals surface area contributed by atoms with Gasteiger partial charge in [-0.1, -0.05) is 15.9 Å². The lowest BCUT2D eigenvalue weighted by Crippen LogP contribution is -2.29. The maximum atomic E-state index is 12.6. The molecule has 0 aliphatic carbocycles. The summed E-state index contributed by atoms with van der Waals surface area (Å²) in [6.45, 7) is 4.71. The maximum Gasteiger partial charge on any atom is 0.344 e. The zero-order chi connectivity index (χ0) is 22.1. The van der Waals surface area contributed by atoms with E-state index < -0.39 is 5.97 Å². The third kappa shape index (κ3) is 6.48. The number of carbonyl (C=O) groups excluding carboxylic acids is 3. The number of esters is 1. The Morgan fingerprint density at radius 2 is 1.90 bits per heavy atom. The van der Waals surface area contributed by atoms with Crippen molar-refractivity contribution >= 4 is 50.9 Å². The van der Waals surface area contributed by atoms with E-state index in [1.54, 1.807) is 32.2 Å². The van der Waals surface area contributed by atoms with Gasteiger partial charge in [-0.3, -0.25) is 14.5 Å². The minimum atomic E-state index is -0.484. The van der Waals surface area contributed by atoms with Gasteiger partial charge in [0.2, 0.25) is 0 Å². The van der Waals surface area contributed by atoms with Crippen LogP contribution in [-0.4, -0.2) is 62.1 Å². The number of nitrogens with zero attached hydrogens (tertiary/aromatic N) is 1. The molecular formula is C20H24BrNO7S. The highest BCUT2D eigenvalue weighted by molar-refractivity contribution is 9.10. The third-order valence-corrected chi connectivity index (χ3v) is 5.50. The molecule has 0 atom stereocenters. The third-order valence-electron chi connectivity index (χ3n) is 3.90. The number of benzene rings is 1. The fourth-order valence-corrected chi connectivity index (χ4v) is 3.88. The van der Waals surface area contributed by atoms with Gasteiger partial charge in [0, 0.05) is 24.7 Å². The smallest absolute Gasteiger partial charge is 0.344 e. The summed E-state index contributed by atoms with van der Waals surface area (Å²) in [5.74, 6) is -0.0481. The van der Waals surface area contributed by atoms with Crippen molar-refractivity contribution in [1.29, 1.82) is 0 Å². The Hall–Kier alpha value is -2.04. The van der Waals surface area contributed by atoms with Gasteiger partial charge < -0.3 is 18.9 Å². The number of imide groups is 1. The van der Waals surface area contributed by atoms with E-state index >= 15 is 0 Å². The number of halogens is 1. The molecule has 30 heavy (non-hydrogen) atoms. The van der Waals surface area contributed by atoms with E-state index in [-0.39, 0.29) is 24.4 Å². The first-order chi connectivity index (χ1) is 14.4. The Balaban J connectivity index is 2.22. The fourth-order valence-electron chi connectivity index (χ4n) is 2.58. The molecule has 2 rings (SSSR count). The minimum Gasteiger partial charge on any atom is -0.490 e. The van der Waals surface area contributed by atoms with E-state index in [4.69, 9.17) is 18.9 Å². The first kappa shape index (κ1) is 24.2. The van der Waals surface area contributed by atoms with E-state index in [0.717, 1.165) is 11.8 Å². The molecule has 2 amide bonds. The molecule has 0 saturated carbocycles. The number of amides is 2. The predicted molar refractivity (Wildman–Crippen MR) is 117 cm³/mol. The second kappa shape index (κ2) is 12.0. The number of hydrogen-bond acceptors (Lipinski definition) is 8. The summed E-state index contributed by atoms with van der Waals surface area (Å²) in [4.78, 5) is 37.9. The minimum absolute atomic E-state index is 0.250. The lowest BCUT2D eigenvalue weighted by Gasteiger charge is -2.14. The van der Waals surface area contributed by atoms with Gasteiger partial charge in [-0.05, 0) is 55.8 Å². The highest BCUT2D eigenvalue weighted by Gasteiger charge is 2.34. The number of carbonyl (C=O) groups is 3. The number of hydrogen-bond donors (Lipinski definition) is 0. The molecule has 0 radical (unpaired) electrons. The monoisotopic (exact) mass is 501 g/mol. The van der Waals surface area contributed by atoms with E-state index in [1.165, 1.54) is 4.90 Å². The Kier molecular flexibility index (Phi) is 9.67.